The summed E-state index contributed by atoms with van der Waals surface area (Å²) >= 11 is 0. The summed E-state index contributed by atoms with van der Waals surface area (Å²) in [7, 11) is 0. The van der Waals surface area contributed by atoms with Gasteiger partial charge >= 0.3 is 0 Å². The lowest BCUT2D eigenvalue weighted by Gasteiger charge is -2.27. The summed E-state index contributed by atoms with van der Waals surface area (Å²) in [4.78, 5) is 4.68. The van der Waals surface area contributed by atoms with E-state index in [2.05, 4.69) is 240 Å². The summed E-state index contributed by atoms with van der Waals surface area (Å²) in [6, 6.07) is 83.1. The maximum absolute atomic E-state index is 2.40. The molecule has 0 aromatic heterocycles. The third-order valence-corrected chi connectivity index (χ3v) is 10.7. The summed E-state index contributed by atoms with van der Waals surface area (Å²) < 4.78 is 0. The lowest BCUT2D eigenvalue weighted by atomic mass is 9.84. The normalized spacial score (nSPS) is 11.2. The van der Waals surface area contributed by atoms with Crippen LogP contribution in [0.2, 0.25) is 0 Å². The highest BCUT2D eigenvalue weighted by Gasteiger charge is 2.21. The molecule has 2 heteroatoms. The van der Waals surface area contributed by atoms with Gasteiger partial charge in [0.1, 0.15) is 0 Å². The Morgan fingerprint density at radius 2 is 0.518 bits per heavy atom. The highest BCUT2D eigenvalue weighted by molar-refractivity contribution is 6.23. The molecule has 0 fully saturated rings. The molecule has 56 heavy (non-hydrogen) atoms. The van der Waals surface area contributed by atoms with Crippen molar-refractivity contribution in [3.05, 3.63) is 231 Å². The summed E-state index contributed by atoms with van der Waals surface area (Å²) in [5, 5.41) is 7.36. The van der Waals surface area contributed by atoms with E-state index in [4.69, 9.17) is 0 Å². The van der Waals surface area contributed by atoms with E-state index >= 15 is 0 Å². The third-order valence-electron chi connectivity index (χ3n) is 10.7. The largest absolute Gasteiger partial charge is 0.310 e. The zero-order valence-electron chi connectivity index (χ0n) is 30.8. The zero-order valence-corrected chi connectivity index (χ0v) is 30.8. The van der Waals surface area contributed by atoms with Gasteiger partial charge in [0.15, 0.2) is 0 Å². The van der Waals surface area contributed by atoms with Crippen molar-refractivity contribution in [3.63, 3.8) is 0 Å². The zero-order chi connectivity index (χ0) is 37.3. The Hall–Kier alpha value is -7.42. The molecule has 0 radical (unpaired) electrons. The fourth-order valence-electron chi connectivity index (χ4n) is 8.29. The summed E-state index contributed by atoms with van der Waals surface area (Å²) in [6.45, 7) is 0. The van der Waals surface area contributed by atoms with Crippen molar-refractivity contribution in [2.24, 2.45) is 0 Å². The van der Waals surface area contributed by atoms with E-state index in [-0.39, 0.29) is 0 Å². The number of anilines is 6. The fourth-order valence-corrected chi connectivity index (χ4v) is 8.29. The molecule has 0 saturated carbocycles. The maximum Gasteiger partial charge on any atom is 0.0467 e. The highest BCUT2D eigenvalue weighted by Crippen LogP contribution is 2.47. The van der Waals surface area contributed by atoms with Crippen LogP contribution >= 0.6 is 0 Å². The number of nitrogens with zero attached hydrogens (tertiary/aromatic N) is 2. The van der Waals surface area contributed by atoms with Crippen LogP contribution < -0.4 is 9.80 Å². The molecule has 0 atom stereocenters. The van der Waals surface area contributed by atoms with E-state index in [9.17, 15) is 0 Å². The molecule has 0 bridgehead atoms. The number of hydrogen-bond donors (Lipinski definition) is 0. The molecule has 0 saturated heterocycles. The van der Waals surface area contributed by atoms with E-state index in [0.717, 1.165) is 34.1 Å². The van der Waals surface area contributed by atoms with Crippen molar-refractivity contribution in [2.75, 3.05) is 9.80 Å². The van der Waals surface area contributed by atoms with E-state index in [1.54, 1.807) is 0 Å². The number of para-hydroxylation sites is 4. The van der Waals surface area contributed by atoms with E-state index < -0.39 is 0 Å². The SMILES string of the molecule is c1ccc(N(c2ccccc2)c2cccc(-c3c4ccccc4c(-c4cccc(N(c5ccccc5)c5ccccc5)c4)c4cc5ccccc5cc34)c2)cc1. The van der Waals surface area contributed by atoms with E-state index in [0.29, 0.717) is 0 Å². The van der Waals surface area contributed by atoms with Crippen LogP contribution in [-0.4, -0.2) is 0 Å². The molecular formula is C54H38N2. The fraction of sp³-hybridized carbons (Fsp3) is 0. The molecule has 0 spiro atoms. The Kier molecular flexibility index (Phi) is 8.55. The molecule has 0 aliphatic heterocycles. The van der Waals surface area contributed by atoms with Crippen LogP contribution in [0.1, 0.15) is 0 Å². The summed E-state index contributed by atoms with van der Waals surface area (Å²) in [6.07, 6.45) is 0. The van der Waals surface area contributed by atoms with Gasteiger partial charge in [-0.1, -0.05) is 146 Å². The maximum atomic E-state index is 2.40. The van der Waals surface area contributed by atoms with Gasteiger partial charge in [0.05, 0.1) is 0 Å². The van der Waals surface area contributed by atoms with Gasteiger partial charge in [0.25, 0.3) is 0 Å². The molecule has 264 valence electrons. The lowest BCUT2D eigenvalue weighted by Crippen LogP contribution is -2.09. The van der Waals surface area contributed by atoms with Crippen LogP contribution in [0.5, 0.6) is 0 Å². The number of benzene rings is 10. The predicted octanol–water partition coefficient (Wildman–Crippen LogP) is 15.4. The molecule has 0 aliphatic rings. The van der Waals surface area contributed by atoms with Crippen molar-refractivity contribution in [1.29, 1.82) is 0 Å². The summed E-state index contributed by atoms with van der Waals surface area (Å²) in [5.74, 6) is 0. The molecule has 10 aromatic rings. The third kappa shape index (κ3) is 6.04. The monoisotopic (exact) mass is 714 g/mol. The van der Waals surface area contributed by atoms with Gasteiger partial charge in [0.2, 0.25) is 0 Å². The minimum atomic E-state index is 1.11. The molecule has 0 N–H and O–H groups in total. The molecule has 10 rings (SSSR count). The van der Waals surface area contributed by atoms with Gasteiger partial charge in [-0.3, -0.25) is 0 Å². The van der Waals surface area contributed by atoms with Crippen molar-refractivity contribution < 1.29 is 0 Å². The van der Waals surface area contributed by atoms with Gasteiger partial charge in [-0.2, -0.15) is 0 Å². The lowest BCUT2D eigenvalue weighted by molar-refractivity contribution is 1.28. The van der Waals surface area contributed by atoms with Gasteiger partial charge in [-0.15, -0.1) is 0 Å². The van der Waals surface area contributed by atoms with Gasteiger partial charge in [0, 0.05) is 34.1 Å². The van der Waals surface area contributed by atoms with Crippen LogP contribution in [0, 0.1) is 0 Å². The second-order valence-corrected chi connectivity index (χ2v) is 14.2. The second kappa shape index (κ2) is 14.4. The second-order valence-electron chi connectivity index (χ2n) is 14.2. The standard InChI is InChI=1S/C54H38N2/c1-5-23-43(24-6-1)55(44-25-7-2-8-26-44)47-31-17-21-41(35-47)53-49-33-15-16-34-50(49)54(52-38-40-20-14-13-19-39(40)37-51(52)53)42-22-18-32-48(36-42)56(45-27-9-3-10-28-45)46-29-11-4-12-30-46/h1-38H. The van der Waals surface area contributed by atoms with E-state index in [1.165, 1.54) is 54.6 Å². The Balaban J connectivity index is 1.23. The number of rotatable bonds is 8. The van der Waals surface area contributed by atoms with Crippen LogP contribution in [0.15, 0.2) is 231 Å². The van der Waals surface area contributed by atoms with Crippen molar-refractivity contribution in [1.82, 2.24) is 0 Å². The van der Waals surface area contributed by atoms with Gasteiger partial charge < -0.3 is 9.80 Å². The Morgan fingerprint density at radius 1 is 0.214 bits per heavy atom. The topological polar surface area (TPSA) is 6.48 Å². The van der Waals surface area contributed by atoms with Crippen LogP contribution in [-0.2, 0) is 0 Å². The van der Waals surface area contributed by atoms with Crippen molar-refractivity contribution in [3.8, 4) is 22.3 Å². The minimum absolute atomic E-state index is 1.11. The Labute approximate surface area is 327 Å². The number of hydrogen-bond acceptors (Lipinski definition) is 2. The summed E-state index contributed by atoms with van der Waals surface area (Å²) in [5.41, 5.74) is 11.5. The van der Waals surface area contributed by atoms with Crippen LogP contribution in [0.25, 0.3) is 54.6 Å². The molecule has 10 aromatic carbocycles. The molecular weight excluding hydrogens is 677 g/mol. The number of fused-ring (bicyclic) bond motifs is 3. The first kappa shape index (κ1) is 33.2. The van der Waals surface area contributed by atoms with Crippen molar-refractivity contribution in [2.45, 2.75) is 0 Å². The first-order valence-corrected chi connectivity index (χ1v) is 19.2. The quantitative estimate of drug-likeness (QED) is 0.145. The van der Waals surface area contributed by atoms with Crippen LogP contribution in [0.4, 0.5) is 34.1 Å². The molecule has 2 nitrogen and oxygen atoms in total. The van der Waals surface area contributed by atoms with Gasteiger partial charge in [-0.05, 0) is 140 Å². The minimum Gasteiger partial charge on any atom is -0.310 e. The average molecular weight is 715 g/mol. The Morgan fingerprint density at radius 3 is 0.875 bits per heavy atom. The highest BCUT2D eigenvalue weighted by atomic mass is 15.1. The smallest absolute Gasteiger partial charge is 0.0467 e. The first-order valence-electron chi connectivity index (χ1n) is 19.2. The molecule has 0 unspecified atom stereocenters. The first-order chi connectivity index (χ1) is 27.8. The molecule has 0 aliphatic carbocycles. The molecule has 0 heterocycles. The predicted molar refractivity (Wildman–Crippen MR) is 239 cm³/mol. The van der Waals surface area contributed by atoms with Crippen LogP contribution in [0.3, 0.4) is 0 Å². The average Bonchev–Trinajstić information content (AvgIpc) is 3.27. The van der Waals surface area contributed by atoms with Gasteiger partial charge in [-0.25, -0.2) is 0 Å². The van der Waals surface area contributed by atoms with E-state index in [1.807, 2.05) is 0 Å². The Bertz CT molecular complexity index is 2680. The van der Waals surface area contributed by atoms with Crippen molar-refractivity contribution >= 4 is 66.4 Å². The molecule has 0 amide bonds.